The molecule has 0 aromatic heterocycles. The van der Waals surface area contributed by atoms with Gasteiger partial charge in [0, 0.05) is 0 Å². The van der Waals surface area contributed by atoms with Crippen molar-refractivity contribution in [3.8, 4) is 6.07 Å². The molecule has 0 amide bonds. The normalized spacial score (nSPS) is 13.4. The second-order valence-corrected chi connectivity index (χ2v) is 3.05. The fraction of sp³-hybridized carbons (Fsp3) is 0.222. The molecule has 0 radical (unpaired) electrons. The Labute approximate surface area is 83.7 Å². The van der Waals surface area contributed by atoms with Gasteiger partial charge in [0.05, 0.1) is 11.6 Å². The van der Waals surface area contributed by atoms with Crippen molar-refractivity contribution in [3.63, 3.8) is 0 Å². The van der Waals surface area contributed by atoms with E-state index in [1.54, 1.807) is 6.07 Å². The van der Waals surface area contributed by atoms with Crippen LogP contribution in [-0.2, 0) is 6.18 Å². The molecule has 0 saturated carbocycles. The Morgan fingerprint density at radius 2 is 2.00 bits per heavy atom. The third kappa shape index (κ3) is 2.39. The standard InChI is InChI=1S/C9H5ClF3N/c10-8(5-14)6-2-1-3-7(4-6)9(11,12)13/h1-4,8H/t8-/m1/s1. The van der Waals surface area contributed by atoms with E-state index in [0.29, 0.717) is 0 Å². The Balaban J connectivity index is 3.09. The smallest absolute Gasteiger partial charge is 0.196 e. The predicted molar refractivity (Wildman–Crippen MR) is 45.7 cm³/mol. The van der Waals surface area contributed by atoms with Crippen LogP contribution < -0.4 is 0 Å². The number of rotatable bonds is 1. The van der Waals surface area contributed by atoms with Crippen molar-refractivity contribution in [1.82, 2.24) is 0 Å². The minimum absolute atomic E-state index is 0.156. The first-order chi connectivity index (χ1) is 6.45. The largest absolute Gasteiger partial charge is 0.416 e. The van der Waals surface area contributed by atoms with Crippen molar-refractivity contribution >= 4 is 11.6 Å². The van der Waals surface area contributed by atoms with Crippen molar-refractivity contribution < 1.29 is 13.2 Å². The number of hydrogen-bond donors (Lipinski definition) is 0. The lowest BCUT2D eigenvalue weighted by Crippen LogP contribution is -2.05. The molecule has 0 fully saturated rings. The lowest BCUT2D eigenvalue weighted by Gasteiger charge is -2.08. The molecule has 0 unspecified atom stereocenters. The third-order valence-corrected chi connectivity index (χ3v) is 1.97. The molecule has 0 aliphatic carbocycles. The molecule has 0 N–H and O–H groups in total. The number of hydrogen-bond acceptors (Lipinski definition) is 1. The maximum atomic E-state index is 12.2. The zero-order chi connectivity index (χ0) is 10.8. The molecule has 1 atom stereocenters. The zero-order valence-electron chi connectivity index (χ0n) is 6.85. The van der Waals surface area contributed by atoms with Gasteiger partial charge in [-0.25, -0.2) is 0 Å². The maximum absolute atomic E-state index is 12.2. The van der Waals surface area contributed by atoms with Crippen LogP contribution in [0.15, 0.2) is 24.3 Å². The Morgan fingerprint density at radius 1 is 1.36 bits per heavy atom. The van der Waals surface area contributed by atoms with Gasteiger partial charge in [0.2, 0.25) is 0 Å². The summed E-state index contributed by atoms with van der Waals surface area (Å²) < 4.78 is 36.6. The Hall–Kier alpha value is -1.21. The van der Waals surface area contributed by atoms with Gasteiger partial charge in [-0.2, -0.15) is 18.4 Å². The highest BCUT2D eigenvalue weighted by atomic mass is 35.5. The zero-order valence-corrected chi connectivity index (χ0v) is 7.60. The van der Waals surface area contributed by atoms with Crippen molar-refractivity contribution in [2.75, 3.05) is 0 Å². The lowest BCUT2D eigenvalue weighted by atomic mass is 10.1. The maximum Gasteiger partial charge on any atom is 0.416 e. The summed E-state index contributed by atoms with van der Waals surface area (Å²) in [6, 6.07) is 6.08. The number of benzene rings is 1. The van der Waals surface area contributed by atoms with Gasteiger partial charge in [-0.3, -0.25) is 0 Å². The molecule has 5 heteroatoms. The summed E-state index contributed by atoms with van der Waals surface area (Å²) in [4.78, 5) is 0. The summed E-state index contributed by atoms with van der Waals surface area (Å²) in [7, 11) is 0. The van der Waals surface area contributed by atoms with Gasteiger partial charge >= 0.3 is 6.18 Å². The number of nitriles is 1. The minimum Gasteiger partial charge on any atom is -0.196 e. The number of alkyl halides is 4. The molecule has 74 valence electrons. The van der Waals surface area contributed by atoms with E-state index in [9.17, 15) is 13.2 Å². The second kappa shape index (κ2) is 3.89. The van der Waals surface area contributed by atoms with Crippen LogP contribution in [0.1, 0.15) is 16.5 Å². The fourth-order valence-electron chi connectivity index (χ4n) is 0.947. The van der Waals surface area contributed by atoms with Gasteiger partial charge in [-0.15, -0.1) is 11.6 Å². The molecule has 0 saturated heterocycles. The minimum atomic E-state index is -4.40. The molecule has 0 spiro atoms. The summed E-state index contributed by atoms with van der Waals surface area (Å²) in [5, 5.41) is 7.37. The van der Waals surface area contributed by atoms with Crippen LogP contribution in [0.4, 0.5) is 13.2 Å². The molecule has 0 bridgehead atoms. The van der Waals surface area contributed by atoms with Gasteiger partial charge < -0.3 is 0 Å². The molecule has 0 aliphatic heterocycles. The highest BCUT2D eigenvalue weighted by Crippen LogP contribution is 2.31. The summed E-state index contributed by atoms with van der Waals surface area (Å²) in [5.41, 5.74) is -0.639. The summed E-state index contributed by atoms with van der Waals surface area (Å²) in [5.74, 6) is 0. The van der Waals surface area contributed by atoms with Crippen molar-refractivity contribution in [2.45, 2.75) is 11.6 Å². The predicted octanol–water partition coefficient (Wildman–Crippen LogP) is 3.51. The van der Waals surface area contributed by atoms with E-state index < -0.39 is 17.1 Å². The van der Waals surface area contributed by atoms with Gasteiger partial charge in [0.15, 0.2) is 0 Å². The molecule has 14 heavy (non-hydrogen) atoms. The van der Waals surface area contributed by atoms with Crippen molar-refractivity contribution in [2.24, 2.45) is 0 Å². The molecule has 1 nitrogen and oxygen atoms in total. The molecule has 0 heterocycles. The van der Waals surface area contributed by atoms with Crippen LogP contribution in [-0.4, -0.2) is 0 Å². The van der Waals surface area contributed by atoms with E-state index >= 15 is 0 Å². The Morgan fingerprint density at radius 3 is 2.50 bits per heavy atom. The highest BCUT2D eigenvalue weighted by Gasteiger charge is 2.30. The summed E-state index contributed by atoms with van der Waals surface area (Å²) >= 11 is 5.48. The quantitative estimate of drug-likeness (QED) is 0.663. The molecular weight excluding hydrogens is 215 g/mol. The van der Waals surface area contributed by atoms with E-state index in [0.717, 1.165) is 12.1 Å². The van der Waals surface area contributed by atoms with Gasteiger partial charge in [0.1, 0.15) is 5.38 Å². The van der Waals surface area contributed by atoms with E-state index in [4.69, 9.17) is 16.9 Å². The number of halogens is 4. The average molecular weight is 220 g/mol. The molecule has 1 aromatic carbocycles. The molecule has 1 rings (SSSR count). The van der Waals surface area contributed by atoms with Crippen LogP contribution in [0.2, 0.25) is 0 Å². The van der Waals surface area contributed by atoms with E-state index in [-0.39, 0.29) is 5.56 Å². The second-order valence-electron chi connectivity index (χ2n) is 2.61. The Kier molecular flexibility index (Phi) is 3.02. The highest BCUT2D eigenvalue weighted by molar-refractivity contribution is 6.22. The molecule has 0 aliphatic rings. The van der Waals surface area contributed by atoms with E-state index in [2.05, 4.69) is 0 Å². The fourth-order valence-corrected chi connectivity index (χ4v) is 1.08. The van der Waals surface area contributed by atoms with Crippen molar-refractivity contribution in [1.29, 1.82) is 5.26 Å². The van der Waals surface area contributed by atoms with Crippen molar-refractivity contribution in [3.05, 3.63) is 35.4 Å². The van der Waals surface area contributed by atoms with Crippen LogP contribution in [0.5, 0.6) is 0 Å². The lowest BCUT2D eigenvalue weighted by molar-refractivity contribution is -0.137. The van der Waals surface area contributed by atoms with E-state index in [1.165, 1.54) is 12.1 Å². The van der Waals surface area contributed by atoms with Gasteiger partial charge in [-0.05, 0) is 17.7 Å². The topological polar surface area (TPSA) is 23.8 Å². The Bertz CT molecular complexity index is 367. The third-order valence-electron chi connectivity index (χ3n) is 1.62. The summed E-state index contributed by atoms with van der Waals surface area (Å²) in [6.45, 7) is 0. The SMILES string of the molecule is N#C[C@@H](Cl)c1cccc(C(F)(F)F)c1. The number of nitrogens with zero attached hydrogens (tertiary/aromatic N) is 1. The monoisotopic (exact) mass is 219 g/mol. The molecular formula is C9H5ClF3N. The van der Waals surface area contributed by atoms with Crippen LogP contribution >= 0.6 is 11.6 Å². The first-order valence-corrected chi connectivity index (χ1v) is 4.09. The van der Waals surface area contributed by atoms with Crippen LogP contribution in [0.25, 0.3) is 0 Å². The van der Waals surface area contributed by atoms with Crippen LogP contribution in [0, 0.1) is 11.3 Å². The van der Waals surface area contributed by atoms with Gasteiger partial charge in [0.25, 0.3) is 0 Å². The molecule has 1 aromatic rings. The first kappa shape index (κ1) is 10.9. The summed E-state index contributed by atoms with van der Waals surface area (Å²) in [6.07, 6.45) is -4.40. The van der Waals surface area contributed by atoms with Gasteiger partial charge in [-0.1, -0.05) is 12.1 Å². The first-order valence-electron chi connectivity index (χ1n) is 3.66. The van der Waals surface area contributed by atoms with Crippen LogP contribution in [0.3, 0.4) is 0 Å². The van der Waals surface area contributed by atoms with E-state index in [1.807, 2.05) is 0 Å². The average Bonchev–Trinajstić information content (AvgIpc) is 2.15.